The van der Waals surface area contributed by atoms with Crippen LogP contribution in [0.2, 0.25) is 0 Å². The second kappa shape index (κ2) is 8.75. The third-order valence-electron chi connectivity index (χ3n) is 6.08. The van der Waals surface area contributed by atoms with Gasteiger partial charge in [0.15, 0.2) is 5.82 Å². The number of rotatable bonds is 4. The van der Waals surface area contributed by atoms with Gasteiger partial charge >= 0.3 is 0 Å². The van der Waals surface area contributed by atoms with Crippen LogP contribution in [-0.4, -0.2) is 9.97 Å². The van der Waals surface area contributed by atoms with Gasteiger partial charge in [0.05, 0.1) is 10.9 Å². The lowest BCUT2D eigenvalue weighted by Crippen LogP contribution is -2.10. The molecule has 0 spiro atoms. The highest BCUT2D eigenvalue weighted by Gasteiger charge is 2.14. The van der Waals surface area contributed by atoms with Crippen LogP contribution < -0.4 is 10.8 Å². The highest BCUT2D eigenvalue weighted by Crippen LogP contribution is 2.27. The van der Waals surface area contributed by atoms with Crippen molar-refractivity contribution in [1.29, 1.82) is 0 Å². The molecule has 2 heterocycles. The first-order valence-corrected chi connectivity index (χ1v) is 11.6. The summed E-state index contributed by atoms with van der Waals surface area (Å²) in [4.78, 5) is 8.75. The van der Waals surface area contributed by atoms with Crippen molar-refractivity contribution < 1.29 is 4.42 Å². The predicted octanol–water partition coefficient (Wildman–Crippen LogP) is 6.83. The molecule has 5 nitrogen and oxygen atoms in total. The van der Waals surface area contributed by atoms with E-state index in [-0.39, 0.29) is 5.41 Å². The first kappa shape index (κ1) is 21.8. The van der Waals surface area contributed by atoms with E-state index in [0.717, 1.165) is 45.0 Å². The van der Waals surface area contributed by atoms with Gasteiger partial charge in [-0.05, 0) is 47.2 Å². The molecule has 5 aromatic rings. The smallest absolute Gasteiger partial charge is 0.157 e. The summed E-state index contributed by atoms with van der Waals surface area (Å²) in [6, 6.07) is 24.7. The highest BCUT2D eigenvalue weighted by atomic mass is 16.3. The third kappa shape index (κ3) is 4.29. The zero-order valence-electron chi connectivity index (χ0n) is 20.0. The Morgan fingerprint density at radius 2 is 1.68 bits per heavy atom. The number of hydrogen-bond acceptors (Lipinski definition) is 5. The molecule has 2 aromatic heterocycles. The lowest BCUT2D eigenvalue weighted by molar-refractivity contribution is 0.589. The zero-order chi connectivity index (χ0) is 23.7. The Morgan fingerprint density at radius 1 is 0.882 bits per heavy atom. The zero-order valence-corrected chi connectivity index (χ0v) is 20.0. The molecule has 0 atom stereocenters. The number of hydrogen-bond donors (Lipinski definition) is 1. The molecule has 0 aliphatic rings. The number of aryl methyl sites for hydroxylation is 1. The maximum atomic E-state index is 6.32. The van der Waals surface area contributed by atoms with E-state index in [1.54, 1.807) is 6.33 Å². The normalized spacial score (nSPS) is 12.4. The molecule has 0 amide bonds. The first-order chi connectivity index (χ1) is 16.4. The number of benzene rings is 3. The van der Waals surface area contributed by atoms with E-state index < -0.39 is 0 Å². The molecule has 5 rings (SSSR count). The first-order valence-electron chi connectivity index (χ1n) is 11.6. The van der Waals surface area contributed by atoms with E-state index in [2.05, 4.69) is 79.5 Å². The van der Waals surface area contributed by atoms with Crippen molar-refractivity contribution in [3.63, 3.8) is 0 Å². The molecule has 34 heavy (non-hydrogen) atoms. The topological polar surface area (TPSA) is 63.3 Å². The third-order valence-corrected chi connectivity index (χ3v) is 6.08. The van der Waals surface area contributed by atoms with Crippen LogP contribution in [0.15, 0.2) is 88.6 Å². The van der Waals surface area contributed by atoms with Crippen molar-refractivity contribution in [3.8, 4) is 11.3 Å². The van der Waals surface area contributed by atoms with Crippen molar-refractivity contribution in [3.05, 3.63) is 95.6 Å². The Bertz CT molecular complexity index is 1540. The number of aromatic nitrogens is 2. The predicted molar refractivity (Wildman–Crippen MR) is 138 cm³/mol. The molecular formula is C29H28N4O. The fourth-order valence-corrected chi connectivity index (χ4v) is 4.01. The van der Waals surface area contributed by atoms with Gasteiger partial charge in [-0.2, -0.15) is 5.10 Å². The maximum Gasteiger partial charge on any atom is 0.157 e. The molecule has 0 fully saturated rings. The lowest BCUT2D eigenvalue weighted by atomic mass is 9.86. The largest absolute Gasteiger partial charge is 0.456 e. The van der Waals surface area contributed by atoms with Gasteiger partial charge in [0.25, 0.3) is 0 Å². The second-order valence-electron chi connectivity index (χ2n) is 9.47. The van der Waals surface area contributed by atoms with Crippen molar-refractivity contribution in [2.75, 3.05) is 5.43 Å². The van der Waals surface area contributed by atoms with Crippen LogP contribution >= 0.6 is 0 Å². The molecule has 0 unspecified atom stereocenters. The average molecular weight is 449 g/mol. The van der Waals surface area contributed by atoms with Gasteiger partial charge in [0.1, 0.15) is 17.7 Å². The van der Waals surface area contributed by atoms with Gasteiger partial charge in [-0.1, -0.05) is 70.2 Å². The molecule has 5 heteroatoms. The number of nitrogens with zero attached hydrogens (tertiary/aromatic N) is 3. The Hall–Kier alpha value is -3.99. The van der Waals surface area contributed by atoms with E-state index in [1.807, 2.05) is 36.4 Å². The van der Waals surface area contributed by atoms with Crippen molar-refractivity contribution in [2.45, 2.75) is 39.5 Å². The number of fused-ring (bicyclic) bond motifs is 2. The van der Waals surface area contributed by atoms with Crippen molar-refractivity contribution in [2.24, 2.45) is 5.10 Å². The number of para-hydroxylation sites is 1. The molecule has 1 N–H and O–H groups in total. The summed E-state index contributed by atoms with van der Waals surface area (Å²) in [5.74, 6) is 1.44. The van der Waals surface area contributed by atoms with Crippen molar-refractivity contribution in [1.82, 2.24) is 9.97 Å². The standard InChI is InChI=1S/C29H28N4O/c1-5-19-10-15-26-23(16-19)25(32-33-28-22-8-6-7-9-24(22)30-18-31-28)17-27(34-26)20-11-13-21(14-12-20)29(2,3)4/h6-18H,5H2,1-4H3,(H,30,31,33)/b32-25+. The minimum absolute atomic E-state index is 0.0976. The van der Waals surface area contributed by atoms with Crippen LogP contribution in [0.3, 0.4) is 0 Å². The SMILES string of the molecule is CCc1ccc2oc(-c3ccc(C(C)(C)C)cc3)c/c(=N\Nc3ncnc4ccccc34)c2c1. The molecule has 0 aliphatic carbocycles. The van der Waals surface area contributed by atoms with Crippen LogP contribution in [0, 0.1) is 0 Å². The lowest BCUT2D eigenvalue weighted by Gasteiger charge is -2.19. The van der Waals surface area contributed by atoms with Gasteiger partial charge < -0.3 is 4.42 Å². The molecular weight excluding hydrogens is 420 g/mol. The fraction of sp³-hybridized carbons (Fsp3) is 0.207. The van der Waals surface area contributed by atoms with Gasteiger partial charge in [-0.15, -0.1) is 0 Å². The molecule has 0 aliphatic heterocycles. The minimum atomic E-state index is 0.0976. The van der Waals surface area contributed by atoms with Gasteiger partial charge in [0, 0.05) is 22.4 Å². The second-order valence-corrected chi connectivity index (χ2v) is 9.47. The van der Waals surface area contributed by atoms with Gasteiger partial charge in [0.2, 0.25) is 0 Å². The Morgan fingerprint density at radius 3 is 2.44 bits per heavy atom. The molecule has 0 radical (unpaired) electrons. The van der Waals surface area contributed by atoms with E-state index in [1.165, 1.54) is 11.1 Å². The fourth-order valence-electron chi connectivity index (χ4n) is 4.01. The van der Waals surface area contributed by atoms with Crippen LogP contribution in [0.1, 0.15) is 38.8 Å². The van der Waals surface area contributed by atoms with Crippen LogP contribution in [0.5, 0.6) is 0 Å². The Kier molecular flexibility index (Phi) is 5.62. The van der Waals surface area contributed by atoms with E-state index in [9.17, 15) is 0 Å². The summed E-state index contributed by atoms with van der Waals surface area (Å²) in [7, 11) is 0. The summed E-state index contributed by atoms with van der Waals surface area (Å²) in [5, 5.41) is 7.45. The summed E-state index contributed by atoms with van der Waals surface area (Å²) in [6.07, 6.45) is 2.49. The monoisotopic (exact) mass is 448 g/mol. The molecule has 3 aromatic carbocycles. The van der Waals surface area contributed by atoms with Crippen LogP contribution in [-0.2, 0) is 11.8 Å². The molecule has 0 saturated heterocycles. The molecule has 0 saturated carbocycles. The Labute approximate surface area is 199 Å². The van der Waals surface area contributed by atoms with Crippen LogP contribution in [0.25, 0.3) is 33.2 Å². The summed E-state index contributed by atoms with van der Waals surface area (Å²) in [5.41, 5.74) is 8.46. The molecule has 170 valence electrons. The van der Waals surface area contributed by atoms with Crippen LogP contribution in [0.4, 0.5) is 5.82 Å². The van der Waals surface area contributed by atoms with Gasteiger partial charge in [-0.3, -0.25) is 5.43 Å². The van der Waals surface area contributed by atoms with Gasteiger partial charge in [-0.25, -0.2) is 9.97 Å². The van der Waals surface area contributed by atoms with E-state index in [0.29, 0.717) is 5.82 Å². The van der Waals surface area contributed by atoms with E-state index in [4.69, 9.17) is 9.52 Å². The quantitative estimate of drug-likeness (QED) is 0.306. The minimum Gasteiger partial charge on any atom is -0.456 e. The highest BCUT2D eigenvalue weighted by molar-refractivity contribution is 5.88. The van der Waals surface area contributed by atoms with E-state index >= 15 is 0 Å². The Balaban J connectivity index is 1.64. The number of anilines is 1. The summed E-state index contributed by atoms with van der Waals surface area (Å²) >= 11 is 0. The number of nitrogens with one attached hydrogen (secondary N) is 1. The molecule has 0 bridgehead atoms. The average Bonchev–Trinajstić information content (AvgIpc) is 2.86. The summed E-state index contributed by atoms with van der Waals surface area (Å²) < 4.78 is 6.32. The van der Waals surface area contributed by atoms with Crippen molar-refractivity contribution >= 4 is 27.7 Å². The summed E-state index contributed by atoms with van der Waals surface area (Å²) in [6.45, 7) is 8.79. The maximum absolute atomic E-state index is 6.32.